The summed E-state index contributed by atoms with van der Waals surface area (Å²) in [5, 5.41) is 6.33. The molecule has 1 unspecified atom stereocenters. The molecule has 0 bridgehead atoms. The summed E-state index contributed by atoms with van der Waals surface area (Å²) in [4.78, 5) is 10.7. The Kier molecular flexibility index (Phi) is 4.51. The van der Waals surface area contributed by atoms with Crippen molar-refractivity contribution in [2.75, 3.05) is 12.3 Å². The smallest absolute Gasteiger partial charge is 0.237 e. The van der Waals surface area contributed by atoms with Crippen molar-refractivity contribution in [3.05, 3.63) is 0 Å². The Morgan fingerprint density at radius 3 is 2.50 bits per heavy atom. The van der Waals surface area contributed by atoms with E-state index in [1.165, 1.54) is 6.92 Å². The van der Waals surface area contributed by atoms with Gasteiger partial charge in [0.1, 0.15) is 5.38 Å². The molecule has 0 aromatic heterocycles. The van der Waals surface area contributed by atoms with Gasteiger partial charge in [-0.2, -0.15) is 0 Å². The third kappa shape index (κ3) is 6.38. The molecule has 0 aliphatic carbocycles. The zero-order valence-electron chi connectivity index (χ0n) is 6.58. The van der Waals surface area contributed by atoms with Gasteiger partial charge in [-0.1, -0.05) is 0 Å². The first kappa shape index (κ1) is 11.7. The third-order valence-corrected chi connectivity index (χ3v) is 2.02. The van der Waals surface area contributed by atoms with Crippen molar-refractivity contribution in [2.45, 2.75) is 12.3 Å². The predicted molar refractivity (Wildman–Crippen MR) is 46.3 cm³/mol. The van der Waals surface area contributed by atoms with Crippen LogP contribution in [0.1, 0.15) is 6.92 Å². The minimum absolute atomic E-state index is 0.00523. The molecule has 0 spiro atoms. The maximum Gasteiger partial charge on any atom is 0.237 e. The van der Waals surface area contributed by atoms with Crippen molar-refractivity contribution in [3.63, 3.8) is 0 Å². The molecule has 0 rings (SSSR count). The standard InChI is InChI=1S/C5H11ClN2O3S/c1-4(6)5(9)8-2-3-12(7,10)11/h4H,2-3H2,1H3,(H,8,9)(H2,7,10,11). The van der Waals surface area contributed by atoms with E-state index in [2.05, 4.69) is 10.5 Å². The number of rotatable bonds is 4. The monoisotopic (exact) mass is 214 g/mol. The number of nitrogens with one attached hydrogen (secondary N) is 1. The molecule has 0 saturated heterocycles. The second-order valence-corrected chi connectivity index (χ2v) is 4.66. The van der Waals surface area contributed by atoms with Gasteiger partial charge in [0, 0.05) is 6.54 Å². The molecule has 1 amide bonds. The van der Waals surface area contributed by atoms with Gasteiger partial charge in [-0.3, -0.25) is 4.79 Å². The molecule has 0 aromatic rings. The first-order valence-electron chi connectivity index (χ1n) is 3.25. The maximum absolute atomic E-state index is 10.7. The Bertz CT molecular complexity index is 249. The van der Waals surface area contributed by atoms with Crippen LogP contribution in [0.2, 0.25) is 0 Å². The number of primary sulfonamides is 1. The first-order valence-corrected chi connectivity index (χ1v) is 5.40. The van der Waals surface area contributed by atoms with Crippen molar-refractivity contribution in [2.24, 2.45) is 5.14 Å². The van der Waals surface area contributed by atoms with Crippen LogP contribution in [-0.4, -0.2) is 32.0 Å². The van der Waals surface area contributed by atoms with E-state index in [-0.39, 0.29) is 12.3 Å². The predicted octanol–water partition coefficient (Wildman–Crippen LogP) is -0.982. The van der Waals surface area contributed by atoms with Gasteiger partial charge in [-0.25, -0.2) is 13.6 Å². The van der Waals surface area contributed by atoms with E-state index < -0.39 is 21.3 Å². The van der Waals surface area contributed by atoms with Crippen LogP contribution in [0.5, 0.6) is 0 Å². The highest BCUT2D eigenvalue weighted by Gasteiger charge is 2.09. The SMILES string of the molecule is CC(Cl)C(=O)NCCS(N)(=O)=O. The van der Waals surface area contributed by atoms with Crippen LogP contribution in [0.15, 0.2) is 0 Å². The summed E-state index contributed by atoms with van der Waals surface area (Å²) in [7, 11) is -3.50. The lowest BCUT2D eigenvalue weighted by Crippen LogP contribution is -2.35. The molecule has 0 fully saturated rings. The molecule has 0 aromatic carbocycles. The van der Waals surface area contributed by atoms with Crippen LogP contribution >= 0.6 is 11.6 Å². The van der Waals surface area contributed by atoms with E-state index in [0.29, 0.717) is 0 Å². The third-order valence-electron chi connectivity index (χ3n) is 1.05. The highest BCUT2D eigenvalue weighted by molar-refractivity contribution is 7.89. The summed E-state index contributed by atoms with van der Waals surface area (Å²) >= 11 is 5.39. The normalized spacial score (nSPS) is 13.9. The molecule has 0 saturated carbocycles. The van der Waals surface area contributed by atoms with Gasteiger partial charge < -0.3 is 5.32 Å². The minimum atomic E-state index is -3.50. The van der Waals surface area contributed by atoms with Gasteiger partial charge in [0.25, 0.3) is 0 Å². The lowest BCUT2D eigenvalue weighted by Gasteiger charge is -2.04. The number of carbonyl (C=O) groups excluding carboxylic acids is 1. The molecule has 7 heteroatoms. The van der Waals surface area contributed by atoms with Gasteiger partial charge in [-0.05, 0) is 6.92 Å². The van der Waals surface area contributed by atoms with Crippen molar-refractivity contribution in [1.29, 1.82) is 0 Å². The molecular weight excluding hydrogens is 204 g/mol. The molecule has 0 aliphatic heterocycles. The zero-order chi connectivity index (χ0) is 9.78. The van der Waals surface area contributed by atoms with Crippen LogP contribution in [0.25, 0.3) is 0 Å². The molecular formula is C5H11ClN2O3S. The Morgan fingerprint density at radius 2 is 2.17 bits per heavy atom. The lowest BCUT2D eigenvalue weighted by molar-refractivity contribution is -0.120. The molecule has 12 heavy (non-hydrogen) atoms. The van der Waals surface area contributed by atoms with Gasteiger partial charge in [0.2, 0.25) is 15.9 Å². The molecule has 5 nitrogen and oxygen atoms in total. The fraction of sp³-hybridized carbons (Fsp3) is 0.800. The van der Waals surface area contributed by atoms with Crippen molar-refractivity contribution in [1.82, 2.24) is 5.32 Å². The quantitative estimate of drug-likeness (QED) is 0.590. The van der Waals surface area contributed by atoms with E-state index in [9.17, 15) is 13.2 Å². The molecule has 0 aliphatic rings. The van der Waals surface area contributed by atoms with E-state index in [1.807, 2.05) is 0 Å². The topological polar surface area (TPSA) is 89.3 Å². The summed E-state index contributed by atoms with van der Waals surface area (Å²) < 4.78 is 20.8. The number of nitrogens with two attached hydrogens (primary N) is 1. The van der Waals surface area contributed by atoms with E-state index >= 15 is 0 Å². The minimum Gasteiger partial charge on any atom is -0.354 e. The number of hydrogen-bond acceptors (Lipinski definition) is 3. The average molecular weight is 215 g/mol. The fourth-order valence-corrected chi connectivity index (χ4v) is 0.921. The summed E-state index contributed by atoms with van der Waals surface area (Å²) in [5.74, 6) is -0.678. The van der Waals surface area contributed by atoms with E-state index in [4.69, 9.17) is 11.6 Å². The van der Waals surface area contributed by atoms with Gasteiger partial charge in [-0.15, -0.1) is 11.6 Å². The highest BCUT2D eigenvalue weighted by Crippen LogP contribution is 1.91. The Labute approximate surface area is 76.3 Å². The average Bonchev–Trinajstić information content (AvgIpc) is 1.84. The molecule has 72 valence electrons. The lowest BCUT2D eigenvalue weighted by atomic mass is 10.4. The molecule has 1 atom stereocenters. The number of carbonyl (C=O) groups is 1. The fourth-order valence-electron chi connectivity index (χ4n) is 0.457. The van der Waals surface area contributed by atoms with Crippen LogP contribution in [0.3, 0.4) is 0 Å². The summed E-state index contributed by atoms with van der Waals surface area (Å²) in [5.41, 5.74) is 0. The molecule has 3 N–H and O–H groups in total. The Hall–Kier alpha value is -0.330. The molecule has 0 radical (unpaired) electrons. The van der Waals surface area contributed by atoms with Crippen LogP contribution in [-0.2, 0) is 14.8 Å². The van der Waals surface area contributed by atoms with Crippen molar-refractivity contribution >= 4 is 27.5 Å². The first-order chi connectivity index (χ1) is 5.33. The second kappa shape index (κ2) is 4.64. The van der Waals surface area contributed by atoms with Gasteiger partial charge in [0.15, 0.2) is 0 Å². The van der Waals surface area contributed by atoms with E-state index in [0.717, 1.165) is 0 Å². The largest absolute Gasteiger partial charge is 0.354 e. The van der Waals surface area contributed by atoms with Crippen LogP contribution < -0.4 is 10.5 Å². The molecule has 0 heterocycles. The Balaban J connectivity index is 3.66. The summed E-state index contributed by atoms with van der Waals surface area (Å²) in [6.07, 6.45) is 0. The van der Waals surface area contributed by atoms with Crippen LogP contribution in [0.4, 0.5) is 0 Å². The highest BCUT2D eigenvalue weighted by atomic mass is 35.5. The number of sulfonamides is 1. The van der Waals surface area contributed by atoms with Crippen molar-refractivity contribution in [3.8, 4) is 0 Å². The van der Waals surface area contributed by atoms with Crippen molar-refractivity contribution < 1.29 is 13.2 Å². The summed E-state index contributed by atoms with van der Waals surface area (Å²) in [6.45, 7) is 1.49. The second-order valence-electron chi connectivity index (χ2n) is 2.27. The number of halogens is 1. The number of hydrogen-bond donors (Lipinski definition) is 2. The summed E-state index contributed by atoms with van der Waals surface area (Å²) in [6, 6.07) is 0. The maximum atomic E-state index is 10.7. The Morgan fingerprint density at radius 1 is 1.67 bits per heavy atom. The van der Waals surface area contributed by atoms with Gasteiger partial charge >= 0.3 is 0 Å². The van der Waals surface area contributed by atoms with Gasteiger partial charge in [0.05, 0.1) is 5.75 Å². The number of amides is 1. The zero-order valence-corrected chi connectivity index (χ0v) is 8.15. The number of alkyl halides is 1. The van der Waals surface area contributed by atoms with Crippen LogP contribution in [0, 0.1) is 0 Å². The van der Waals surface area contributed by atoms with E-state index in [1.54, 1.807) is 0 Å².